The van der Waals surface area contributed by atoms with E-state index in [1.807, 2.05) is 0 Å². The van der Waals surface area contributed by atoms with Crippen LogP contribution in [-0.2, 0) is 14.9 Å². The zero-order chi connectivity index (χ0) is 17.2. The van der Waals surface area contributed by atoms with Crippen LogP contribution in [0.2, 0.25) is 0 Å². The SMILES string of the molecule is C[C@H]1CN(CCCNC(=O)C2(c3ccc(F)cc3)CC2)C[C@H](C)O1. The summed E-state index contributed by atoms with van der Waals surface area (Å²) >= 11 is 0. The molecule has 2 fully saturated rings. The van der Waals surface area contributed by atoms with E-state index in [1.165, 1.54) is 12.1 Å². The van der Waals surface area contributed by atoms with Crippen LogP contribution in [0.5, 0.6) is 0 Å². The fourth-order valence-corrected chi connectivity index (χ4v) is 3.68. The Morgan fingerprint density at radius 2 is 1.88 bits per heavy atom. The first-order valence-electron chi connectivity index (χ1n) is 8.92. The molecular formula is C19H27FN2O2. The number of rotatable bonds is 6. The molecule has 1 aliphatic heterocycles. The Balaban J connectivity index is 1.43. The second-order valence-electron chi connectivity index (χ2n) is 7.22. The first kappa shape index (κ1) is 17.4. The molecule has 2 aliphatic rings. The van der Waals surface area contributed by atoms with Crippen LogP contribution in [0, 0.1) is 5.82 Å². The van der Waals surface area contributed by atoms with Gasteiger partial charge in [0, 0.05) is 26.2 Å². The van der Waals surface area contributed by atoms with E-state index < -0.39 is 5.41 Å². The van der Waals surface area contributed by atoms with E-state index in [0.29, 0.717) is 6.54 Å². The van der Waals surface area contributed by atoms with Gasteiger partial charge in [-0.2, -0.15) is 0 Å². The number of hydrogen-bond acceptors (Lipinski definition) is 3. The molecule has 4 nitrogen and oxygen atoms in total. The number of carbonyl (C=O) groups excluding carboxylic acids is 1. The van der Waals surface area contributed by atoms with Crippen LogP contribution in [0.15, 0.2) is 24.3 Å². The third-order valence-electron chi connectivity index (χ3n) is 5.01. The van der Waals surface area contributed by atoms with E-state index in [4.69, 9.17) is 4.74 Å². The van der Waals surface area contributed by atoms with Crippen molar-refractivity contribution in [1.29, 1.82) is 0 Å². The number of ether oxygens (including phenoxy) is 1. The minimum atomic E-state index is -0.421. The van der Waals surface area contributed by atoms with Crippen molar-refractivity contribution in [1.82, 2.24) is 10.2 Å². The molecule has 1 aliphatic carbocycles. The Bertz CT molecular complexity index is 561. The lowest BCUT2D eigenvalue weighted by molar-refractivity contribution is -0.123. The van der Waals surface area contributed by atoms with E-state index in [2.05, 4.69) is 24.1 Å². The van der Waals surface area contributed by atoms with Crippen molar-refractivity contribution in [3.8, 4) is 0 Å². The molecule has 0 bridgehead atoms. The number of hydrogen-bond donors (Lipinski definition) is 1. The standard InChI is InChI=1S/C19H27FN2O2/c1-14-12-22(13-15(2)24-14)11-3-10-21-18(23)19(8-9-19)16-4-6-17(20)7-5-16/h4-7,14-15H,3,8-13H2,1-2H3,(H,21,23)/t14-,15-/m0/s1. The smallest absolute Gasteiger partial charge is 0.230 e. The van der Waals surface area contributed by atoms with E-state index in [9.17, 15) is 9.18 Å². The van der Waals surface area contributed by atoms with Crippen molar-refractivity contribution in [2.45, 2.75) is 50.7 Å². The minimum Gasteiger partial charge on any atom is -0.373 e. The predicted molar refractivity (Wildman–Crippen MR) is 91.4 cm³/mol. The highest BCUT2D eigenvalue weighted by atomic mass is 19.1. The Hall–Kier alpha value is -1.46. The molecule has 5 heteroatoms. The molecule has 0 radical (unpaired) electrons. The Kier molecular flexibility index (Phi) is 5.21. The van der Waals surface area contributed by atoms with Gasteiger partial charge in [-0.1, -0.05) is 12.1 Å². The molecule has 1 saturated carbocycles. The number of halogens is 1. The Morgan fingerprint density at radius 1 is 1.25 bits per heavy atom. The maximum absolute atomic E-state index is 13.1. The first-order valence-corrected chi connectivity index (χ1v) is 8.92. The highest BCUT2D eigenvalue weighted by molar-refractivity contribution is 5.91. The number of amides is 1. The molecule has 0 spiro atoms. The predicted octanol–water partition coefficient (Wildman–Crippen LogP) is 2.47. The van der Waals surface area contributed by atoms with Gasteiger partial charge in [0.2, 0.25) is 5.91 Å². The number of morpholine rings is 1. The summed E-state index contributed by atoms with van der Waals surface area (Å²) in [4.78, 5) is 14.9. The van der Waals surface area contributed by atoms with Crippen LogP contribution in [0.25, 0.3) is 0 Å². The molecule has 2 atom stereocenters. The quantitative estimate of drug-likeness (QED) is 0.813. The summed E-state index contributed by atoms with van der Waals surface area (Å²) in [6, 6.07) is 6.34. The molecule has 1 N–H and O–H groups in total. The van der Waals surface area contributed by atoms with Crippen LogP contribution in [0.4, 0.5) is 4.39 Å². The van der Waals surface area contributed by atoms with Gasteiger partial charge < -0.3 is 10.1 Å². The number of benzene rings is 1. The normalized spacial score (nSPS) is 26.1. The number of carbonyl (C=O) groups is 1. The lowest BCUT2D eigenvalue weighted by Gasteiger charge is -2.35. The molecule has 132 valence electrons. The summed E-state index contributed by atoms with van der Waals surface area (Å²) in [6.07, 6.45) is 3.18. The number of nitrogens with one attached hydrogen (secondary N) is 1. The maximum atomic E-state index is 13.1. The van der Waals surface area contributed by atoms with Crippen LogP contribution in [0.1, 0.15) is 38.7 Å². The second kappa shape index (κ2) is 7.19. The zero-order valence-corrected chi connectivity index (χ0v) is 14.6. The van der Waals surface area contributed by atoms with Crippen molar-refractivity contribution in [3.05, 3.63) is 35.6 Å². The molecule has 1 aromatic rings. The van der Waals surface area contributed by atoms with Crippen molar-refractivity contribution in [2.24, 2.45) is 0 Å². The van der Waals surface area contributed by atoms with Gasteiger partial charge in [-0.25, -0.2) is 4.39 Å². The van der Waals surface area contributed by atoms with Gasteiger partial charge >= 0.3 is 0 Å². The Morgan fingerprint density at radius 3 is 2.46 bits per heavy atom. The molecule has 0 unspecified atom stereocenters. The van der Waals surface area contributed by atoms with Gasteiger partial charge in [-0.05, 0) is 50.8 Å². The van der Waals surface area contributed by atoms with Gasteiger partial charge in [0.25, 0.3) is 0 Å². The summed E-state index contributed by atoms with van der Waals surface area (Å²) in [5.41, 5.74) is 0.507. The molecule has 1 heterocycles. The zero-order valence-electron chi connectivity index (χ0n) is 14.6. The lowest BCUT2D eigenvalue weighted by atomic mass is 9.95. The van der Waals surface area contributed by atoms with Crippen molar-refractivity contribution in [2.75, 3.05) is 26.2 Å². The molecule has 3 rings (SSSR count). The monoisotopic (exact) mass is 334 g/mol. The van der Waals surface area contributed by atoms with Gasteiger partial charge in [0.15, 0.2) is 0 Å². The Labute approximate surface area is 143 Å². The van der Waals surface area contributed by atoms with Crippen LogP contribution in [0.3, 0.4) is 0 Å². The largest absolute Gasteiger partial charge is 0.373 e. The van der Waals surface area contributed by atoms with Gasteiger partial charge in [-0.3, -0.25) is 9.69 Å². The third kappa shape index (κ3) is 3.95. The van der Waals surface area contributed by atoms with Crippen LogP contribution in [-0.4, -0.2) is 49.2 Å². The van der Waals surface area contributed by atoms with Crippen LogP contribution >= 0.6 is 0 Å². The molecule has 24 heavy (non-hydrogen) atoms. The molecule has 1 saturated heterocycles. The summed E-state index contributed by atoms with van der Waals surface area (Å²) in [5, 5.41) is 3.07. The molecule has 0 aromatic heterocycles. The van der Waals surface area contributed by atoms with Gasteiger partial charge in [0.05, 0.1) is 17.6 Å². The summed E-state index contributed by atoms with van der Waals surface area (Å²) in [7, 11) is 0. The summed E-state index contributed by atoms with van der Waals surface area (Å²) < 4.78 is 18.8. The van der Waals surface area contributed by atoms with Crippen molar-refractivity contribution in [3.63, 3.8) is 0 Å². The molecule has 1 amide bonds. The molecular weight excluding hydrogens is 307 g/mol. The van der Waals surface area contributed by atoms with Crippen LogP contribution < -0.4 is 5.32 Å². The van der Waals surface area contributed by atoms with E-state index in [-0.39, 0.29) is 23.9 Å². The topological polar surface area (TPSA) is 41.6 Å². The summed E-state index contributed by atoms with van der Waals surface area (Å²) in [6.45, 7) is 7.77. The number of nitrogens with zero attached hydrogens (tertiary/aromatic N) is 1. The molecule has 1 aromatic carbocycles. The van der Waals surface area contributed by atoms with E-state index in [0.717, 1.165) is 44.5 Å². The highest BCUT2D eigenvalue weighted by Crippen LogP contribution is 2.48. The maximum Gasteiger partial charge on any atom is 0.230 e. The fraction of sp³-hybridized carbons (Fsp3) is 0.632. The average molecular weight is 334 g/mol. The van der Waals surface area contributed by atoms with E-state index in [1.54, 1.807) is 12.1 Å². The van der Waals surface area contributed by atoms with Gasteiger partial charge in [0.1, 0.15) is 5.82 Å². The fourth-order valence-electron chi connectivity index (χ4n) is 3.68. The van der Waals surface area contributed by atoms with E-state index >= 15 is 0 Å². The minimum absolute atomic E-state index is 0.0813. The lowest BCUT2D eigenvalue weighted by Crippen LogP contribution is -2.46. The third-order valence-corrected chi connectivity index (χ3v) is 5.01. The van der Waals surface area contributed by atoms with Gasteiger partial charge in [-0.15, -0.1) is 0 Å². The van der Waals surface area contributed by atoms with Crippen molar-refractivity contribution < 1.29 is 13.9 Å². The second-order valence-corrected chi connectivity index (χ2v) is 7.22. The highest BCUT2D eigenvalue weighted by Gasteiger charge is 2.50. The average Bonchev–Trinajstić information content (AvgIpc) is 3.33. The summed E-state index contributed by atoms with van der Waals surface area (Å²) in [5.74, 6) is -0.179. The van der Waals surface area contributed by atoms with Crippen molar-refractivity contribution >= 4 is 5.91 Å². The first-order chi connectivity index (χ1) is 11.5.